The molecule has 0 aromatic rings. The lowest BCUT2D eigenvalue weighted by molar-refractivity contribution is 0.262. The number of rotatable bonds is 6. The maximum absolute atomic E-state index is 2.42. The molecule has 0 nitrogen and oxygen atoms in total. The van der Waals surface area contributed by atoms with Gasteiger partial charge in [-0.15, -0.1) is 0 Å². The van der Waals surface area contributed by atoms with E-state index in [1.807, 2.05) is 0 Å². The van der Waals surface area contributed by atoms with Crippen LogP contribution in [0.3, 0.4) is 0 Å². The summed E-state index contributed by atoms with van der Waals surface area (Å²) in [7, 11) is 0. The fourth-order valence-corrected chi connectivity index (χ4v) is 2.03. The molecule has 0 aliphatic heterocycles. The summed E-state index contributed by atoms with van der Waals surface area (Å²) in [6.07, 6.45) is 9.01. The van der Waals surface area contributed by atoms with Gasteiger partial charge >= 0.3 is 0 Å². The van der Waals surface area contributed by atoms with Crippen molar-refractivity contribution in [1.29, 1.82) is 0 Å². The summed E-state index contributed by atoms with van der Waals surface area (Å²) < 4.78 is 0. The first-order valence-corrected chi connectivity index (χ1v) is 4.96. The largest absolute Gasteiger partial charge is 0.0654 e. The quantitative estimate of drug-likeness (QED) is 0.539. The van der Waals surface area contributed by atoms with Crippen molar-refractivity contribution in [2.45, 2.75) is 59.8 Å². The normalized spacial score (nSPS) is 12.0. The zero-order valence-electron chi connectivity index (χ0n) is 8.61. The first kappa shape index (κ1) is 11.0. The summed E-state index contributed by atoms with van der Waals surface area (Å²) in [4.78, 5) is 0. The van der Waals surface area contributed by atoms with Crippen LogP contribution in [0.15, 0.2) is 0 Å². The van der Waals surface area contributed by atoms with Crippen LogP contribution in [0.2, 0.25) is 0 Å². The van der Waals surface area contributed by atoms with Gasteiger partial charge in [0.25, 0.3) is 0 Å². The molecule has 0 aliphatic rings. The fourth-order valence-electron chi connectivity index (χ4n) is 2.03. The molecule has 0 unspecified atom stereocenters. The van der Waals surface area contributed by atoms with Crippen LogP contribution in [-0.2, 0) is 0 Å². The molecule has 0 saturated heterocycles. The van der Waals surface area contributed by atoms with Gasteiger partial charge in [0.2, 0.25) is 0 Å². The molecule has 67 valence electrons. The predicted octanol–water partition coefficient (Wildman–Crippen LogP) is 4.21. The third-order valence-electron chi connectivity index (χ3n) is 2.40. The summed E-state index contributed by atoms with van der Waals surface area (Å²) >= 11 is 0. The van der Waals surface area contributed by atoms with Crippen LogP contribution in [-0.4, -0.2) is 0 Å². The maximum Gasteiger partial charge on any atom is -0.0323 e. The van der Waals surface area contributed by atoms with Crippen LogP contribution in [0.25, 0.3) is 0 Å². The zero-order chi connectivity index (χ0) is 8.74. The SMILES string of the molecule is C[CH]CC(C)(CCC)CCC. The van der Waals surface area contributed by atoms with Crippen molar-refractivity contribution in [3.8, 4) is 0 Å². The lowest BCUT2D eigenvalue weighted by Gasteiger charge is -2.28. The Morgan fingerprint density at radius 1 is 1.09 bits per heavy atom. The molecule has 0 atom stereocenters. The van der Waals surface area contributed by atoms with Crippen molar-refractivity contribution >= 4 is 0 Å². The second-order valence-corrected chi connectivity index (χ2v) is 3.92. The molecule has 0 spiro atoms. The Kier molecular flexibility index (Phi) is 5.62. The summed E-state index contributed by atoms with van der Waals surface area (Å²) in [6.45, 7) is 9.15. The molecule has 0 bridgehead atoms. The molecule has 0 fully saturated rings. The van der Waals surface area contributed by atoms with E-state index in [2.05, 4.69) is 34.1 Å². The van der Waals surface area contributed by atoms with E-state index < -0.39 is 0 Å². The average Bonchev–Trinajstić information content (AvgIpc) is 1.88. The molecule has 1 radical (unpaired) electrons. The summed E-state index contributed by atoms with van der Waals surface area (Å²) in [5.41, 5.74) is 0.595. The Balaban J connectivity index is 3.79. The topological polar surface area (TPSA) is 0 Å². The van der Waals surface area contributed by atoms with Crippen LogP contribution >= 0.6 is 0 Å². The Morgan fingerprint density at radius 2 is 1.55 bits per heavy atom. The molecule has 0 aromatic heterocycles. The molecule has 11 heavy (non-hydrogen) atoms. The highest BCUT2D eigenvalue weighted by Gasteiger charge is 2.20. The second kappa shape index (κ2) is 5.62. The summed E-state index contributed by atoms with van der Waals surface area (Å²) in [5.74, 6) is 0. The molecule has 0 rings (SSSR count). The Bertz CT molecular complexity index is 67.0. The lowest BCUT2D eigenvalue weighted by Crippen LogP contribution is -2.15. The van der Waals surface area contributed by atoms with Gasteiger partial charge < -0.3 is 0 Å². The van der Waals surface area contributed by atoms with Gasteiger partial charge in [-0.3, -0.25) is 0 Å². The molecule has 0 heteroatoms. The number of hydrogen-bond acceptors (Lipinski definition) is 0. The minimum atomic E-state index is 0.595. The van der Waals surface area contributed by atoms with Crippen molar-refractivity contribution < 1.29 is 0 Å². The van der Waals surface area contributed by atoms with Gasteiger partial charge in [-0.05, 0) is 31.1 Å². The number of hydrogen-bond donors (Lipinski definition) is 0. The van der Waals surface area contributed by atoms with E-state index in [-0.39, 0.29) is 0 Å². The smallest absolute Gasteiger partial charge is 0.0323 e. The Labute approximate surface area is 72.4 Å². The highest BCUT2D eigenvalue weighted by Crippen LogP contribution is 2.33. The second-order valence-electron chi connectivity index (χ2n) is 3.92. The van der Waals surface area contributed by atoms with Gasteiger partial charge in [0.15, 0.2) is 0 Å². The Hall–Kier alpha value is 0. The third-order valence-corrected chi connectivity index (χ3v) is 2.40. The van der Waals surface area contributed by atoms with Crippen molar-refractivity contribution in [2.24, 2.45) is 5.41 Å². The first-order chi connectivity index (χ1) is 5.18. The minimum Gasteiger partial charge on any atom is -0.0654 e. The standard InChI is InChI=1S/C11H23/c1-5-8-11(4,9-6-2)10-7-3/h5H,6-10H2,1-4H3. The van der Waals surface area contributed by atoms with Gasteiger partial charge in [-0.25, -0.2) is 0 Å². The van der Waals surface area contributed by atoms with E-state index in [4.69, 9.17) is 0 Å². The molecule has 0 heterocycles. The van der Waals surface area contributed by atoms with Crippen LogP contribution in [0.4, 0.5) is 0 Å². The van der Waals surface area contributed by atoms with Crippen molar-refractivity contribution in [1.82, 2.24) is 0 Å². The van der Waals surface area contributed by atoms with Gasteiger partial charge in [-0.1, -0.05) is 40.5 Å². The van der Waals surface area contributed by atoms with E-state index in [1.54, 1.807) is 0 Å². The van der Waals surface area contributed by atoms with Crippen molar-refractivity contribution in [2.75, 3.05) is 0 Å². The maximum atomic E-state index is 2.42. The van der Waals surface area contributed by atoms with Crippen LogP contribution in [0, 0.1) is 11.8 Å². The minimum absolute atomic E-state index is 0.595. The van der Waals surface area contributed by atoms with Gasteiger partial charge in [-0.2, -0.15) is 0 Å². The van der Waals surface area contributed by atoms with Gasteiger partial charge in [0.05, 0.1) is 0 Å². The lowest BCUT2D eigenvalue weighted by atomic mass is 9.78. The molecule has 0 aromatic carbocycles. The fraction of sp³-hybridized carbons (Fsp3) is 0.909. The summed E-state index contributed by atoms with van der Waals surface area (Å²) in [6, 6.07) is 0. The first-order valence-electron chi connectivity index (χ1n) is 4.96. The summed E-state index contributed by atoms with van der Waals surface area (Å²) in [5, 5.41) is 0. The zero-order valence-corrected chi connectivity index (χ0v) is 8.61. The van der Waals surface area contributed by atoms with Crippen LogP contribution < -0.4 is 0 Å². The molecular formula is C11H23. The van der Waals surface area contributed by atoms with Gasteiger partial charge in [0, 0.05) is 0 Å². The predicted molar refractivity (Wildman–Crippen MR) is 52.5 cm³/mol. The molecule has 0 amide bonds. The van der Waals surface area contributed by atoms with Crippen molar-refractivity contribution in [3.63, 3.8) is 0 Å². The van der Waals surface area contributed by atoms with E-state index >= 15 is 0 Å². The average molecular weight is 155 g/mol. The highest BCUT2D eigenvalue weighted by atomic mass is 14.3. The molecule has 0 N–H and O–H groups in total. The molecule has 0 aliphatic carbocycles. The third kappa shape index (κ3) is 4.44. The highest BCUT2D eigenvalue weighted by molar-refractivity contribution is 4.78. The van der Waals surface area contributed by atoms with Gasteiger partial charge in [0.1, 0.15) is 0 Å². The monoisotopic (exact) mass is 155 g/mol. The van der Waals surface area contributed by atoms with Crippen molar-refractivity contribution in [3.05, 3.63) is 6.42 Å². The Morgan fingerprint density at radius 3 is 1.82 bits per heavy atom. The van der Waals surface area contributed by atoms with E-state index in [1.165, 1.54) is 32.1 Å². The van der Waals surface area contributed by atoms with E-state index in [0.717, 1.165) is 0 Å². The van der Waals surface area contributed by atoms with E-state index in [9.17, 15) is 0 Å². The van der Waals surface area contributed by atoms with E-state index in [0.29, 0.717) is 5.41 Å². The van der Waals surface area contributed by atoms with Crippen LogP contribution in [0.5, 0.6) is 0 Å². The molecular weight excluding hydrogens is 132 g/mol. The van der Waals surface area contributed by atoms with Crippen LogP contribution in [0.1, 0.15) is 59.8 Å². The molecule has 0 saturated carbocycles.